The third kappa shape index (κ3) is 1.96. The number of nitrogens with one attached hydrogen (secondary N) is 1. The third-order valence-electron chi connectivity index (χ3n) is 4.46. The summed E-state index contributed by atoms with van der Waals surface area (Å²) in [4.78, 5) is 19.8. The van der Waals surface area contributed by atoms with Crippen LogP contribution in [0.25, 0.3) is 11.0 Å². The highest BCUT2D eigenvalue weighted by molar-refractivity contribution is 9.10. The Bertz CT molecular complexity index is 925. The molecule has 5 heteroatoms. The lowest BCUT2D eigenvalue weighted by Gasteiger charge is -2.17. The Morgan fingerprint density at radius 2 is 2.27 bits per heavy atom. The van der Waals surface area contributed by atoms with Crippen LogP contribution in [0.5, 0.6) is 0 Å². The molecule has 0 fully saturated rings. The molecule has 1 atom stereocenters. The van der Waals surface area contributed by atoms with Gasteiger partial charge in [-0.2, -0.15) is 0 Å². The number of benzene rings is 1. The first kappa shape index (κ1) is 13.8. The van der Waals surface area contributed by atoms with Crippen LogP contribution >= 0.6 is 15.9 Å². The average Bonchev–Trinajstić information content (AvgIpc) is 3.07. The third-order valence-corrected chi connectivity index (χ3v) is 4.95. The zero-order chi connectivity index (χ0) is 15.3. The van der Waals surface area contributed by atoms with E-state index in [4.69, 9.17) is 0 Å². The number of pyridine rings is 1. The van der Waals surface area contributed by atoms with Crippen LogP contribution in [0.15, 0.2) is 39.7 Å². The van der Waals surface area contributed by atoms with E-state index < -0.39 is 0 Å². The molecule has 0 spiro atoms. The molecule has 1 aliphatic carbocycles. The second kappa shape index (κ2) is 5.09. The Morgan fingerprint density at radius 3 is 3.09 bits per heavy atom. The first-order chi connectivity index (χ1) is 10.7. The van der Waals surface area contributed by atoms with Gasteiger partial charge in [0.15, 0.2) is 0 Å². The van der Waals surface area contributed by atoms with Crippen molar-refractivity contribution in [3.8, 4) is 0 Å². The molecule has 3 aromatic rings. The summed E-state index contributed by atoms with van der Waals surface area (Å²) in [5.41, 5.74) is 4.08. The predicted molar refractivity (Wildman–Crippen MR) is 90.3 cm³/mol. The van der Waals surface area contributed by atoms with Crippen molar-refractivity contribution in [3.63, 3.8) is 0 Å². The van der Waals surface area contributed by atoms with Crippen LogP contribution in [0.1, 0.15) is 36.3 Å². The summed E-state index contributed by atoms with van der Waals surface area (Å²) < 4.78 is 3.25. The molecule has 1 aromatic carbocycles. The number of rotatable bonds is 2. The maximum atomic E-state index is 12.3. The zero-order valence-corrected chi connectivity index (χ0v) is 13.9. The minimum Gasteiger partial charge on any atom is -0.327 e. The molecule has 0 saturated carbocycles. The first-order valence-corrected chi connectivity index (χ1v) is 8.35. The fraction of sp³-hybridized carbons (Fsp3) is 0.294. The lowest BCUT2D eigenvalue weighted by atomic mass is 10.1. The lowest BCUT2D eigenvalue weighted by Crippen LogP contribution is -2.16. The van der Waals surface area contributed by atoms with Gasteiger partial charge in [-0.05, 0) is 42.2 Å². The molecule has 22 heavy (non-hydrogen) atoms. The van der Waals surface area contributed by atoms with Gasteiger partial charge >= 0.3 is 0 Å². The van der Waals surface area contributed by atoms with E-state index in [9.17, 15) is 4.79 Å². The van der Waals surface area contributed by atoms with Crippen molar-refractivity contribution in [2.24, 2.45) is 0 Å². The molecule has 112 valence electrons. The van der Waals surface area contributed by atoms with Gasteiger partial charge in [0, 0.05) is 17.1 Å². The number of fused-ring (bicyclic) bond motifs is 2. The van der Waals surface area contributed by atoms with Crippen molar-refractivity contribution >= 4 is 27.0 Å². The van der Waals surface area contributed by atoms with Gasteiger partial charge in [-0.15, -0.1) is 0 Å². The van der Waals surface area contributed by atoms with Crippen molar-refractivity contribution in [1.29, 1.82) is 0 Å². The molecule has 0 aliphatic heterocycles. The number of H-pyrrole nitrogens is 1. The van der Waals surface area contributed by atoms with Crippen LogP contribution in [-0.2, 0) is 12.8 Å². The van der Waals surface area contributed by atoms with Gasteiger partial charge in [0.25, 0.3) is 5.56 Å². The van der Waals surface area contributed by atoms with Crippen molar-refractivity contribution in [2.75, 3.05) is 0 Å². The summed E-state index contributed by atoms with van der Waals surface area (Å²) in [7, 11) is 0. The summed E-state index contributed by atoms with van der Waals surface area (Å²) in [6.07, 6.45) is 4.53. The van der Waals surface area contributed by atoms with E-state index in [2.05, 4.69) is 55.6 Å². The summed E-state index contributed by atoms with van der Waals surface area (Å²) in [6.45, 7) is 2.09. The Morgan fingerprint density at radius 1 is 1.41 bits per heavy atom. The van der Waals surface area contributed by atoms with E-state index in [1.165, 1.54) is 11.1 Å². The minimum atomic E-state index is -0.0599. The van der Waals surface area contributed by atoms with Gasteiger partial charge in [-0.1, -0.05) is 28.9 Å². The van der Waals surface area contributed by atoms with Gasteiger partial charge in [0.1, 0.15) is 11.3 Å². The van der Waals surface area contributed by atoms with E-state index in [1.807, 2.05) is 6.07 Å². The van der Waals surface area contributed by atoms with Crippen molar-refractivity contribution < 1.29 is 0 Å². The number of imidazole rings is 1. The van der Waals surface area contributed by atoms with Crippen LogP contribution in [0.2, 0.25) is 0 Å². The first-order valence-electron chi connectivity index (χ1n) is 7.56. The van der Waals surface area contributed by atoms with Crippen molar-refractivity contribution in [1.82, 2.24) is 14.5 Å². The summed E-state index contributed by atoms with van der Waals surface area (Å²) in [6, 6.07) is 8.51. The summed E-state index contributed by atoms with van der Waals surface area (Å²) >= 11 is 3.54. The van der Waals surface area contributed by atoms with E-state index in [0.29, 0.717) is 5.52 Å². The summed E-state index contributed by atoms with van der Waals surface area (Å²) in [5.74, 6) is 0.979. The Kier molecular flexibility index (Phi) is 3.18. The smallest absolute Gasteiger partial charge is 0.274 e. The quantitative estimate of drug-likeness (QED) is 0.761. The topological polar surface area (TPSA) is 50.7 Å². The molecule has 1 N–H and O–H groups in total. The fourth-order valence-electron chi connectivity index (χ4n) is 3.52. The minimum absolute atomic E-state index is 0.0599. The molecule has 4 nitrogen and oxygen atoms in total. The standard InChI is InChI=1S/C17H16BrN3O/c1-2-15-20-13-7-8-19-17(22)16(13)21(15)14-6-3-10-9-11(18)4-5-12(10)14/h4-5,7-9,14H,2-3,6H2,1H3,(H,19,22)/t14-/m0/s1. The normalized spacial score (nSPS) is 17.1. The molecule has 0 unspecified atom stereocenters. The van der Waals surface area contributed by atoms with Gasteiger partial charge in [-0.3, -0.25) is 4.79 Å². The molecule has 1 aliphatic rings. The van der Waals surface area contributed by atoms with E-state index in [0.717, 1.165) is 35.1 Å². The van der Waals surface area contributed by atoms with Crippen LogP contribution in [0.4, 0.5) is 0 Å². The van der Waals surface area contributed by atoms with Crippen LogP contribution < -0.4 is 5.56 Å². The van der Waals surface area contributed by atoms with E-state index in [-0.39, 0.29) is 11.6 Å². The fourth-order valence-corrected chi connectivity index (χ4v) is 3.93. The molecule has 2 aromatic heterocycles. The monoisotopic (exact) mass is 357 g/mol. The zero-order valence-electron chi connectivity index (χ0n) is 12.3. The highest BCUT2D eigenvalue weighted by Gasteiger charge is 2.28. The van der Waals surface area contributed by atoms with E-state index in [1.54, 1.807) is 6.20 Å². The molecule has 0 bridgehead atoms. The van der Waals surface area contributed by atoms with Gasteiger partial charge in [0.05, 0.1) is 11.6 Å². The summed E-state index contributed by atoms with van der Waals surface area (Å²) in [5, 5.41) is 0. The molecular weight excluding hydrogens is 342 g/mol. The SMILES string of the molecule is CCc1nc2cc[nH]c(=O)c2n1[C@H]1CCc2cc(Br)ccc21. The molecular formula is C17H16BrN3O. The predicted octanol–water partition coefficient (Wildman–Crippen LogP) is 3.59. The van der Waals surface area contributed by atoms with Crippen LogP contribution in [0, 0.1) is 0 Å². The Labute approximate surface area is 136 Å². The van der Waals surface area contributed by atoms with Crippen molar-refractivity contribution in [2.45, 2.75) is 32.2 Å². The Balaban J connectivity index is 1.98. The highest BCUT2D eigenvalue weighted by atomic mass is 79.9. The second-order valence-corrected chi connectivity index (χ2v) is 6.61. The number of halogens is 1. The van der Waals surface area contributed by atoms with Gasteiger partial charge in [0.2, 0.25) is 0 Å². The largest absolute Gasteiger partial charge is 0.327 e. The second-order valence-electron chi connectivity index (χ2n) is 5.69. The van der Waals surface area contributed by atoms with Crippen LogP contribution in [0.3, 0.4) is 0 Å². The molecule has 2 heterocycles. The van der Waals surface area contributed by atoms with E-state index >= 15 is 0 Å². The van der Waals surface area contributed by atoms with Crippen LogP contribution in [-0.4, -0.2) is 14.5 Å². The van der Waals surface area contributed by atoms with Gasteiger partial charge < -0.3 is 9.55 Å². The highest BCUT2D eigenvalue weighted by Crippen LogP contribution is 2.37. The number of aromatic amines is 1. The molecule has 0 radical (unpaired) electrons. The van der Waals surface area contributed by atoms with Gasteiger partial charge in [-0.25, -0.2) is 4.98 Å². The molecule has 0 saturated heterocycles. The molecule has 0 amide bonds. The number of hydrogen-bond donors (Lipinski definition) is 1. The lowest BCUT2D eigenvalue weighted by molar-refractivity contribution is 0.569. The Hall–Kier alpha value is -1.88. The maximum absolute atomic E-state index is 12.3. The number of aryl methyl sites for hydroxylation is 2. The molecule has 4 rings (SSSR count). The average molecular weight is 358 g/mol. The number of hydrogen-bond acceptors (Lipinski definition) is 2. The number of nitrogens with zero attached hydrogens (tertiary/aromatic N) is 2. The van der Waals surface area contributed by atoms with Crippen molar-refractivity contribution in [3.05, 3.63) is 62.2 Å². The number of aromatic nitrogens is 3. The maximum Gasteiger partial charge on any atom is 0.274 e.